The first kappa shape index (κ1) is 10.7. The van der Waals surface area contributed by atoms with Crippen LogP contribution in [-0.4, -0.2) is 21.6 Å². The molecule has 0 aliphatic rings. The van der Waals surface area contributed by atoms with Crippen molar-refractivity contribution in [2.24, 2.45) is 0 Å². The van der Waals surface area contributed by atoms with E-state index in [1.807, 2.05) is 6.07 Å². The Bertz CT molecular complexity index is 320. The molecule has 0 saturated carbocycles. The third kappa shape index (κ3) is 2.51. The maximum Gasteiger partial charge on any atom is 0.115 e. The molecule has 1 heterocycles. The topological polar surface area (TPSA) is 64.2 Å². The molecule has 0 aliphatic carbocycles. The van der Waals surface area contributed by atoms with Gasteiger partial charge in [0.25, 0.3) is 0 Å². The Hall–Kier alpha value is -0.410. The lowest BCUT2D eigenvalue weighted by molar-refractivity contribution is 0.0366. The second-order valence-electron chi connectivity index (χ2n) is 2.48. The van der Waals surface area contributed by atoms with Crippen LogP contribution in [0.2, 0.25) is 0 Å². The Balaban J connectivity index is 2.78. The minimum atomic E-state index is -0.911. The van der Waals surface area contributed by atoms with Crippen LogP contribution in [0.15, 0.2) is 12.1 Å². The van der Waals surface area contributed by atoms with Crippen molar-refractivity contribution in [2.45, 2.75) is 12.2 Å². The number of aliphatic hydroxyl groups is 2. The fourth-order valence-corrected chi connectivity index (χ4v) is 2.05. The van der Waals surface area contributed by atoms with Gasteiger partial charge in [-0.2, -0.15) is 5.26 Å². The molecule has 13 heavy (non-hydrogen) atoms. The molecule has 0 aromatic carbocycles. The van der Waals surface area contributed by atoms with E-state index in [9.17, 15) is 10.2 Å². The van der Waals surface area contributed by atoms with Crippen LogP contribution in [0.4, 0.5) is 0 Å². The maximum absolute atomic E-state index is 9.52. The molecule has 0 bridgehead atoms. The average molecular weight is 262 g/mol. The highest BCUT2D eigenvalue weighted by Gasteiger charge is 2.18. The molecular weight excluding hydrogens is 254 g/mol. The van der Waals surface area contributed by atoms with Gasteiger partial charge in [0.05, 0.1) is 6.10 Å². The largest absolute Gasteiger partial charge is 0.389 e. The molecule has 2 atom stereocenters. The van der Waals surface area contributed by atoms with E-state index in [0.29, 0.717) is 15.1 Å². The zero-order chi connectivity index (χ0) is 9.84. The molecule has 1 aromatic heterocycles. The third-order valence-electron chi connectivity index (χ3n) is 1.55. The summed E-state index contributed by atoms with van der Waals surface area (Å²) in [4.78, 5) is 1.15. The predicted molar refractivity (Wildman–Crippen MR) is 53.8 cm³/mol. The minimum Gasteiger partial charge on any atom is -0.389 e. The first-order valence-electron chi connectivity index (χ1n) is 3.61. The first-order valence-corrected chi connectivity index (χ1v) is 5.54. The second-order valence-corrected chi connectivity index (χ2v) is 4.24. The molecule has 0 saturated heterocycles. The van der Waals surface area contributed by atoms with Gasteiger partial charge >= 0.3 is 0 Å². The number of thiophene rings is 1. The molecule has 3 nitrogen and oxygen atoms in total. The van der Waals surface area contributed by atoms with Crippen molar-refractivity contribution in [1.29, 1.82) is 5.26 Å². The summed E-state index contributed by atoms with van der Waals surface area (Å²) >= 11 is 4.26. The number of halogens is 1. The highest BCUT2D eigenvalue weighted by molar-refractivity contribution is 9.09. The predicted octanol–water partition coefficient (Wildman–Crippen LogP) is 1.41. The smallest absolute Gasteiger partial charge is 0.115 e. The van der Waals surface area contributed by atoms with Crippen molar-refractivity contribution in [1.82, 2.24) is 0 Å². The van der Waals surface area contributed by atoms with Crippen molar-refractivity contribution in [3.8, 4) is 6.07 Å². The van der Waals surface area contributed by atoms with Crippen LogP contribution < -0.4 is 0 Å². The molecule has 2 unspecified atom stereocenters. The van der Waals surface area contributed by atoms with E-state index >= 15 is 0 Å². The molecule has 1 rings (SSSR count). The van der Waals surface area contributed by atoms with Crippen LogP contribution in [0, 0.1) is 11.3 Å². The van der Waals surface area contributed by atoms with Crippen LogP contribution in [0.5, 0.6) is 0 Å². The van der Waals surface area contributed by atoms with Crippen molar-refractivity contribution in [3.05, 3.63) is 21.9 Å². The van der Waals surface area contributed by atoms with Gasteiger partial charge < -0.3 is 10.2 Å². The molecule has 70 valence electrons. The van der Waals surface area contributed by atoms with Crippen LogP contribution >= 0.6 is 27.3 Å². The van der Waals surface area contributed by atoms with E-state index in [2.05, 4.69) is 15.9 Å². The number of hydrogen-bond donors (Lipinski definition) is 2. The van der Waals surface area contributed by atoms with Crippen LogP contribution in [0.3, 0.4) is 0 Å². The fourth-order valence-electron chi connectivity index (χ4n) is 0.846. The molecule has 5 heteroatoms. The minimum absolute atomic E-state index is 0.313. The van der Waals surface area contributed by atoms with Crippen LogP contribution in [0.25, 0.3) is 0 Å². The maximum atomic E-state index is 9.52. The van der Waals surface area contributed by atoms with Crippen LogP contribution in [0.1, 0.15) is 15.9 Å². The molecule has 0 aliphatic heterocycles. The Kier molecular flexibility index (Phi) is 3.88. The highest BCUT2D eigenvalue weighted by atomic mass is 79.9. The second kappa shape index (κ2) is 4.72. The SMILES string of the molecule is N#Cc1ccc(C(O)C(O)CBr)s1. The van der Waals surface area contributed by atoms with E-state index in [1.54, 1.807) is 12.1 Å². The van der Waals surface area contributed by atoms with Gasteiger partial charge in [0.15, 0.2) is 0 Å². The fraction of sp³-hybridized carbons (Fsp3) is 0.375. The molecule has 0 radical (unpaired) electrons. The number of nitrogens with zero attached hydrogens (tertiary/aromatic N) is 1. The summed E-state index contributed by atoms with van der Waals surface area (Å²) in [5.74, 6) is 0. The van der Waals surface area contributed by atoms with Gasteiger partial charge in [-0.3, -0.25) is 0 Å². The number of rotatable bonds is 3. The van der Waals surface area contributed by atoms with Gasteiger partial charge in [-0.05, 0) is 12.1 Å². The molecule has 1 aromatic rings. The third-order valence-corrected chi connectivity index (χ3v) is 3.27. The highest BCUT2D eigenvalue weighted by Crippen LogP contribution is 2.25. The quantitative estimate of drug-likeness (QED) is 0.809. The van der Waals surface area contributed by atoms with Gasteiger partial charge in [-0.15, -0.1) is 11.3 Å². The van der Waals surface area contributed by atoms with E-state index in [1.165, 1.54) is 11.3 Å². The number of nitriles is 1. The summed E-state index contributed by atoms with van der Waals surface area (Å²) in [6, 6.07) is 5.25. The van der Waals surface area contributed by atoms with Crippen molar-refractivity contribution >= 4 is 27.3 Å². The normalized spacial score (nSPS) is 14.9. The lowest BCUT2D eigenvalue weighted by Gasteiger charge is -2.12. The van der Waals surface area contributed by atoms with Crippen LogP contribution in [-0.2, 0) is 0 Å². The Morgan fingerprint density at radius 1 is 1.54 bits per heavy atom. The van der Waals surface area contributed by atoms with E-state index in [-0.39, 0.29) is 0 Å². The molecule has 0 spiro atoms. The van der Waals surface area contributed by atoms with E-state index < -0.39 is 12.2 Å². The lowest BCUT2D eigenvalue weighted by atomic mass is 10.2. The van der Waals surface area contributed by atoms with Gasteiger partial charge in [0, 0.05) is 10.2 Å². The summed E-state index contributed by atoms with van der Waals surface area (Å²) < 4.78 is 0. The Morgan fingerprint density at radius 3 is 2.69 bits per heavy atom. The monoisotopic (exact) mass is 261 g/mol. The van der Waals surface area contributed by atoms with Gasteiger partial charge in [0.2, 0.25) is 0 Å². The summed E-state index contributed by atoms with van der Waals surface area (Å²) in [6.45, 7) is 0. The first-order chi connectivity index (χ1) is 6.19. The molecule has 0 amide bonds. The lowest BCUT2D eigenvalue weighted by Crippen LogP contribution is -2.18. The number of alkyl halides is 1. The molecule has 0 fully saturated rings. The number of hydrogen-bond acceptors (Lipinski definition) is 4. The zero-order valence-electron chi connectivity index (χ0n) is 6.64. The van der Waals surface area contributed by atoms with Gasteiger partial charge in [-0.1, -0.05) is 15.9 Å². The van der Waals surface area contributed by atoms with E-state index in [0.717, 1.165) is 0 Å². The van der Waals surface area contributed by atoms with Crippen molar-refractivity contribution in [2.75, 3.05) is 5.33 Å². The standard InChI is InChI=1S/C8H8BrNO2S/c9-3-6(11)8(12)7-2-1-5(4-10)13-7/h1-2,6,8,11-12H,3H2. The summed E-state index contributed by atoms with van der Waals surface area (Å²) in [6.07, 6.45) is -1.74. The Morgan fingerprint density at radius 2 is 2.23 bits per heavy atom. The van der Waals surface area contributed by atoms with Crippen molar-refractivity contribution < 1.29 is 10.2 Å². The molecular formula is C8H8BrNO2S. The van der Waals surface area contributed by atoms with Crippen molar-refractivity contribution in [3.63, 3.8) is 0 Å². The van der Waals surface area contributed by atoms with E-state index in [4.69, 9.17) is 5.26 Å². The van der Waals surface area contributed by atoms with Gasteiger partial charge in [0.1, 0.15) is 17.1 Å². The summed E-state index contributed by atoms with van der Waals surface area (Å²) in [5.41, 5.74) is 0. The molecule has 2 N–H and O–H groups in total. The summed E-state index contributed by atoms with van der Waals surface area (Å²) in [5, 5.41) is 27.7. The number of aliphatic hydroxyl groups excluding tert-OH is 2. The zero-order valence-corrected chi connectivity index (χ0v) is 9.05. The average Bonchev–Trinajstić information content (AvgIpc) is 2.63. The summed E-state index contributed by atoms with van der Waals surface area (Å²) in [7, 11) is 0. The van der Waals surface area contributed by atoms with Gasteiger partial charge in [-0.25, -0.2) is 0 Å². The Labute approximate surface area is 88.4 Å².